The van der Waals surface area contributed by atoms with Crippen LogP contribution in [0.25, 0.3) is 5.69 Å². The Kier molecular flexibility index (Phi) is 5.10. The highest BCUT2D eigenvalue weighted by molar-refractivity contribution is 7.99. The first-order valence-corrected chi connectivity index (χ1v) is 8.54. The summed E-state index contributed by atoms with van der Waals surface area (Å²) in [6.45, 7) is 4.20. The summed E-state index contributed by atoms with van der Waals surface area (Å²) >= 11 is 1.64. The number of nitrogens with zero attached hydrogens (tertiary/aromatic N) is 5. The summed E-state index contributed by atoms with van der Waals surface area (Å²) in [6, 6.07) is 10.0. The van der Waals surface area contributed by atoms with Crippen LogP contribution < -0.4 is 4.74 Å². The van der Waals surface area contributed by atoms with Crippen LogP contribution in [0.2, 0.25) is 0 Å². The van der Waals surface area contributed by atoms with Gasteiger partial charge < -0.3 is 4.74 Å². The molecule has 2 aromatic heterocycles. The monoisotopic (exact) mass is 341 g/mol. The molecule has 0 amide bonds. The summed E-state index contributed by atoms with van der Waals surface area (Å²) in [5, 5.41) is 13.2. The van der Waals surface area contributed by atoms with E-state index in [2.05, 4.69) is 27.4 Å². The SMILES string of the molecule is COc1ccc(C)cc1-n1nnnc1S[C@H](C)Cc1ccncc1. The second-order valence-electron chi connectivity index (χ2n) is 5.54. The fraction of sp³-hybridized carbons (Fsp3) is 0.294. The minimum Gasteiger partial charge on any atom is -0.494 e. The number of ether oxygens (including phenoxy) is 1. The van der Waals surface area contributed by atoms with E-state index in [9.17, 15) is 0 Å². The zero-order chi connectivity index (χ0) is 16.9. The number of aryl methyl sites for hydroxylation is 1. The van der Waals surface area contributed by atoms with Gasteiger partial charge in [-0.25, -0.2) is 0 Å². The molecule has 3 rings (SSSR count). The number of hydrogen-bond acceptors (Lipinski definition) is 6. The van der Waals surface area contributed by atoms with Crippen LogP contribution in [-0.2, 0) is 6.42 Å². The van der Waals surface area contributed by atoms with Crippen LogP contribution in [0.4, 0.5) is 0 Å². The van der Waals surface area contributed by atoms with Crippen LogP contribution in [0.1, 0.15) is 18.1 Å². The van der Waals surface area contributed by atoms with Gasteiger partial charge in [-0.3, -0.25) is 4.98 Å². The summed E-state index contributed by atoms with van der Waals surface area (Å²) in [5.41, 5.74) is 3.22. The molecule has 1 atom stereocenters. The van der Waals surface area contributed by atoms with Crippen molar-refractivity contribution in [1.82, 2.24) is 25.2 Å². The largest absolute Gasteiger partial charge is 0.494 e. The minimum absolute atomic E-state index is 0.327. The van der Waals surface area contributed by atoms with Crippen molar-refractivity contribution in [2.45, 2.75) is 30.7 Å². The maximum atomic E-state index is 5.45. The summed E-state index contributed by atoms with van der Waals surface area (Å²) in [7, 11) is 1.65. The van der Waals surface area contributed by atoms with E-state index >= 15 is 0 Å². The fourth-order valence-electron chi connectivity index (χ4n) is 2.44. The number of methoxy groups -OCH3 is 1. The first-order chi connectivity index (χ1) is 11.7. The first-order valence-electron chi connectivity index (χ1n) is 7.66. The Morgan fingerprint density at radius 2 is 2.00 bits per heavy atom. The Balaban J connectivity index is 1.82. The number of thioether (sulfide) groups is 1. The molecule has 24 heavy (non-hydrogen) atoms. The average Bonchev–Trinajstić information content (AvgIpc) is 3.03. The number of pyridine rings is 1. The quantitative estimate of drug-likeness (QED) is 0.642. The third kappa shape index (κ3) is 3.73. The molecule has 0 fully saturated rings. The Bertz CT molecular complexity index is 806. The van der Waals surface area contributed by atoms with Crippen molar-refractivity contribution in [2.75, 3.05) is 7.11 Å². The molecule has 0 saturated heterocycles. The Hall–Kier alpha value is -2.41. The van der Waals surface area contributed by atoms with Crippen LogP contribution in [0.3, 0.4) is 0 Å². The van der Waals surface area contributed by atoms with Crippen LogP contribution in [0, 0.1) is 6.92 Å². The normalized spacial score (nSPS) is 12.1. The van der Waals surface area contributed by atoms with Gasteiger partial charge in [-0.2, -0.15) is 4.68 Å². The molecule has 2 heterocycles. The predicted octanol–water partition coefficient (Wildman–Crippen LogP) is 3.10. The van der Waals surface area contributed by atoms with Crippen molar-refractivity contribution >= 4 is 11.8 Å². The third-order valence-electron chi connectivity index (χ3n) is 3.58. The van der Waals surface area contributed by atoms with Gasteiger partial charge in [0.25, 0.3) is 0 Å². The van der Waals surface area contributed by atoms with Crippen molar-refractivity contribution in [2.24, 2.45) is 0 Å². The highest BCUT2D eigenvalue weighted by Crippen LogP contribution is 2.29. The topological polar surface area (TPSA) is 65.7 Å². The number of rotatable bonds is 6. The van der Waals surface area contributed by atoms with Gasteiger partial charge in [-0.05, 0) is 59.2 Å². The molecule has 0 spiro atoms. The molecule has 7 heteroatoms. The summed E-state index contributed by atoms with van der Waals surface area (Å²) in [6.07, 6.45) is 4.55. The predicted molar refractivity (Wildman–Crippen MR) is 93.7 cm³/mol. The minimum atomic E-state index is 0.327. The summed E-state index contributed by atoms with van der Waals surface area (Å²) in [5.74, 6) is 0.747. The molecule has 0 aliphatic heterocycles. The number of aromatic nitrogens is 5. The standard InChI is InChI=1S/C17H19N5OS/c1-12-4-5-16(23-3)15(10-12)22-17(19-20-21-22)24-13(2)11-14-6-8-18-9-7-14/h4-10,13H,11H2,1-3H3/t13-/m1/s1. The summed E-state index contributed by atoms with van der Waals surface area (Å²) in [4.78, 5) is 4.05. The number of benzene rings is 1. The molecule has 6 nitrogen and oxygen atoms in total. The molecule has 0 N–H and O–H groups in total. The maximum Gasteiger partial charge on any atom is 0.214 e. The molecule has 0 unspecified atom stereocenters. The van der Waals surface area contributed by atoms with Crippen molar-refractivity contribution in [3.05, 3.63) is 53.9 Å². The first kappa shape index (κ1) is 16.4. The van der Waals surface area contributed by atoms with Gasteiger partial charge in [0.1, 0.15) is 11.4 Å². The molecule has 124 valence electrons. The van der Waals surface area contributed by atoms with Gasteiger partial charge >= 0.3 is 0 Å². The number of hydrogen-bond donors (Lipinski definition) is 0. The number of tetrazole rings is 1. The second kappa shape index (κ2) is 7.44. The maximum absolute atomic E-state index is 5.45. The van der Waals surface area contributed by atoms with E-state index < -0.39 is 0 Å². The fourth-order valence-corrected chi connectivity index (χ4v) is 3.40. The Labute approximate surface area is 145 Å². The van der Waals surface area contributed by atoms with Gasteiger partial charge in [-0.1, -0.05) is 24.8 Å². The second-order valence-corrected chi connectivity index (χ2v) is 6.94. The Morgan fingerprint density at radius 1 is 1.21 bits per heavy atom. The van der Waals surface area contributed by atoms with E-state index in [1.165, 1.54) is 5.56 Å². The van der Waals surface area contributed by atoms with Gasteiger partial charge in [0, 0.05) is 17.6 Å². The smallest absolute Gasteiger partial charge is 0.214 e. The summed E-state index contributed by atoms with van der Waals surface area (Å²) < 4.78 is 7.18. The van der Waals surface area contributed by atoms with Crippen molar-refractivity contribution in [3.63, 3.8) is 0 Å². The van der Waals surface area contributed by atoms with E-state index in [0.717, 1.165) is 28.6 Å². The van der Waals surface area contributed by atoms with Crippen LogP contribution in [0.15, 0.2) is 47.9 Å². The molecular formula is C17H19N5OS. The molecule has 0 saturated carbocycles. The zero-order valence-electron chi connectivity index (χ0n) is 13.9. The van der Waals surface area contributed by atoms with Crippen molar-refractivity contribution in [3.8, 4) is 11.4 Å². The van der Waals surface area contributed by atoms with E-state index in [0.29, 0.717) is 5.25 Å². The molecule has 3 aromatic rings. The molecule has 0 aliphatic carbocycles. The van der Waals surface area contributed by atoms with Gasteiger partial charge in [-0.15, -0.1) is 5.10 Å². The Morgan fingerprint density at radius 3 is 2.75 bits per heavy atom. The highest BCUT2D eigenvalue weighted by Gasteiger charge is 2.16. The molecule has 0 aliphatic rings. The molecule has 1 aromatic carbocycles. The molecular weight excluding hydrogens is 322 g/mol. The lowest BCUT2D eigenvalue weighted by atomic mass is 10.1. The molecule has 0 bridgehead atoms. The van der Waals surface area contributed by atoms with Gasteiger partial charge in [0.15, 0.2) is 0 Å². The van der Waals surface area contributed by atoms with E-state index in [1.54, 1.807) is 23.6 Å². The van der Waals surface area contributed by atoms with Gasteiger partial charge in [0.05, 0.1) is 7.11 Å². The highest BCUT2D eigenvalue weighted by atomic mass is 32.2. The molecule has 0 radical (unpaired) electrons. The van der Waals surface area contributed by atoms with E-state index in [1.807, 2.05) is 49.6 Å². The zero-order valence-corrected chi connectivity index (χ0v) is 14.7. The van der Waals surface area contributed by atoms with Crippen molar-refractivity contribution < 1.29 is 4.74 Å². The third-order valence-corrected chi connectivity index (χ3v) is 4.62. The van der Waals surface area contributed by atoms with E-state index in [-0.39, 0.29) is 0 Å². The lowest BCUT2D eigenvalue weighted by molar-refractivity contribution is 0.410. The lowest BCUT2D eigenvalue weighted by Gasteiger charge is -2.13. The van der Waals surface area contributed by atoms with E-state index in [4.69, 9.17) is 4.74 Å². The van der Waals surface area contributed by atoms with Gasteiger partial charge in [0.2, 0.25) is 5.16 Å². The van der Waals surface area contributed by atoms with Crippen LogP contribution in [0.5, 0.6) is 5.75 Å². The average molecular weight is 341 g/mol. The van der Waals surface area contributed by atoms with Crippen LogP contribution >= 0.6 is 11.8 Å². The lowest BCUT2D eigenvalue weighted by Crippen LogP contribution is -2.07. The van der Waals surface area contributed by atoms with Crippen LogP contribution in [-0.4, -0.2) is 37.6 Å². The van der Waals surface area contributed by atoms with Crippen molar-refractivity contribution in [1.29, 1.82) is 0 Å².